The number of H-pyrrole nitrogens is 2. The van der Waals surface area contributed by atoms with E-state index in [-0.39, 0.29) is 0 Å². The molecule has 5 rings (SSSR count). The van der Waals surface area contributed by atoms with Gasteiger partial charge in [0.05, 0.1) is 42.8 Å². The summed E-state index contributed by atoms with van der Waals surface area (Å²) in [6.45, 7) is 4.56. The predicted molar refractivity (Wildman–Crippen MR) is 207 cm³/mol. The molecule has 246 valence electrons. The Morgan fingerprint density at radius 2 is 0.761 bits per heavy atom. The summed E-state index contributed by atoms with van der Waals surface area (Å²) >= 11 is 7.83. The standard InChI is InChI=1S/C40H52Br2N4/c1-3-5-7-9-11-13-15-17-19-29-31-21-25-35(43-31)39(41)37-27-23-33(45-37)30(20-18-16-14-12-10-8-6-4-2)34-24-28-38(46-34)40(42)36-26-22-32(29)44-36/h21-28,43,46H,3-20H2,1-2H3. The SMILES string of the molecule is CCCCCCCCCCc1c2nc(c(Br)c3ccc([nH]3)c(CCCCCCCCCC)c3nc(c(Br)c4ccc1[nH]4)C=C3)C=C2. The van der Waals surface area contributed by atoms with Crippen LogP contribution in [0.2, 0.25) is 0 Å². The molecule has 0 saturated heterocycles. The molecule has 5 heterocycles. The average molecular weight is 749 g/mol. The molecule has 2 aliphatic rings. The molecular formula is C40H52Br2N4. The van der Waals surface area contributed by atoms with Gasteiger partial charge in [-0.3, -0.25) is 0 Å². The second-order valence-electron chi connectivity index (χ2n) is 13.0. The Kier molecular flexibility index (Phi) is 13.8. The molecule has 0 radical (unpaired) electrons. The van der Waals surface area contributed by atoms with Crippen LogP contribution in [-0.4, -0.2) is 19.9 Å². The van der Waals surface area contributed by atoms with Crippen LogP contribution in [0.3, 0.4) is 0 Å². The Morgan fingerprint density at radius 3 is 1.15 bits per heavy atom. The van der Waals surface area contributed by atoms with E-state index in [1.165, 1.54) is 114 Å². The van der Waals surface area contributed by atoms with Gasteiger partial charge in [-0.15, -0.1) is 0 Å². The summed E-state index contributed by atoms with van der Waals surface area (Å²) in [5, 5.41) is 0. The van der Waals surface area contributed by atoms with Crippen LogP contribution < -0.4 is 0 Å². The maximum atomic E-state index is 5.17. The summed E-state index contributed by atoms with van der Waals surface area (Å²) < 4.78 is 1.99. The Balaban J connectivity index is 1.47. The van der Waals surface area contributed by atoms with Crippen molar-refractivity contribution in [3.63, 3.8) is 0 Å². The summed E-state index contributed by atoms with van der Waals surface area (Å²) in [7, 11) is 0. The summed E-state index contributed by atoms with van der Waals surface area (Å²) in [5.41, 5.74) is 10.9. The summed E-state index contributed by atoms with van der Waals surface area (Å²) in [6, 6.07) is 8.77. The van der Waals surface area contributed by atoms with Gasteiger partial charge in [-0.1, -0.05) is 104 Å². The van der Waals surface area contributed by atoms with Gasteiger partial charge in [0.15, 0.2) is 0 Å². The highest BCUT2D eigenvalue weighted by molar-refractivity contribution is 9.11. The zero-order chi connectivity index (χ0) is 32.1. The van der Waals surface area contributed by atoms with Crippen molar-refractivity contribution in [2.24, 2.45) is 0 Å². The fourth-order valence-electron chi connectivity index (χ4n) is 6.65. The van der Waals surface area contributed by atoms with E-state index in [1.54, 1.807) is 0 Å². The average Bonchev–Trinajstić information content (AvgIpc) is 3.90. The van der Waals surface area contributed by atoms with Crippen molar-refractivity contribution in [2.75, 3.05) is 0 Å². The Hall–Kier alpha value is -2.44. The van der Waals surface area contributed by atoms with Crippen molar-refractivity contribution in [2.45, 2.75) is 129 Å². The second kappa shape index (κ2) is 18.2. The van der Waals surface area contributed by atoms with Crippen molar-refractivity contribution in [3.8, 4) is 0 Å². The van der Waals surface area contributed by atoms with Crippen molar-refractivity contribution >= 4 is 78.2 Å². The van der Waals surface area contributed by atoms with Gasteiger partial charge in [0.1, 0.15) is 0 Å². The summed E-state index contributed by atoms with van der Waals surface area (Å²) in [4.78, 5) is 17.8. The minimum atomic E-state index is 0.960. The normalized spacial score (nSPS) is 12.4. The molecule has 0 spiro atoms. The molecule has 0 aliphatic carbocycles. The molecular weight excluding hydrogens is 696 g/mol. The van der Waals surface area contributed by atoms with E-state index < -0.39 is 0 Å². The van der Waals surface area contributed by atoms with Gasteiger partial charge in [-0.05, 0) is 106 Å². The van der Waals surface area contributed by atoms with Gasteiger partial charge in [-0.25, -0.2) is 9.97 Å². The lowest BCUT2D eigenvalue weighted by Crippen LogP contribution is -1.93. The second-order valence-corrected chi connectivity index (χ2v) is 14.6. The summed E-state index contributed by atoms with van der Waals surface area (Å²) in [6.07, 6.45) is 31.6. The third kappa shape index (κ3) is 9.34. The number of hydrogen-bond acceptors (Lipinski definition) is 2. The lowest BCUT2D eigenvalue weighted by molar-refractivity contribution is 0.575. The summed E-state index contributed by atoms with van der Waals surface area (Å²) in [5.74, 6) is 0. The lowest BCUT2D eigenvalue weighted by atomic mass is 10.0. The van der Waals surface area contributed by atoms with E-state index in [1.807, 2.05) is 0 Å². The first-order valence-electron chi connectivity index (χ1n) is 18.0. The van der Waals surface area contributed by atoms with Crippen LogP contribution in [0.1, 0.15) is 150 Å². The molecule has 0 amide bonds. The van der Waals surface area contributed by atoms with Crippen LogP contribution in [0, 0.1) is 0 Å². The van der Waals surface area contributed by atoms with Crippen LogP contribution in [0.15, 0.2) is 33.2 Å². The van der Waals surface area contributed by atoms with Crippen LogP contribution in [0.5, 0.6) is 0 Å². The molecule has 0 fully saturated rings. The molecule has 2 N–H and O–H groups in total. The van der Waals surface area contributed by atoms with Gasteiger partial charge >= 0.3 is 0 Å². The molecule has 4 nitrogen and oxygen atoms in total. The van der Waals surface area contributed by atoms with Crippen LogP contribution in [0.4, 0.5) is 0 Å². The number of fused-ring (bicyclic) bond motifs is 8. The van der Waals surface area contributed by atoms with Gasteiger partial charge in [-0.2, -0.15) is 0 Å². The van der Waals surface area contributed by atoms with Gasteiger partial charge in [0.2, 0.25) is 0 Å². The van der Waals surface area contributed by atoms with E-state index in [9.17, 15) is 0 Å². The molecule has 8 bridgehead atoms. The number of aromatic nitrogens is 4. The number of unbranched alkanes of at least 4 members (excludes halogenated alkanes) is 14. The number of hydrogen-bond donors (Lipinski definition) is 2. The van der Waals surface area contributed by atoms with Crippen LogP contribution >= 0.6 is 31.9 Å². The van der Waals surface area contributed by atoms with Gasteiger partial charge in [0.25, 0.3) is 0 Å². The molecule has 0 aromatic carbocycles. The van der Waals surface area contributed by atoms with E-state index in [2.05, 4.69) is 104 Å². The molecule has 2 aliphatic heterocycles. The quantitative estimate of drug-likeness (QED) is 0.0877. The van der Waals surface area contributed by atoms with E-state index in [4.69, 9.17) is 9.97 Å². The smallest absolute Gasteiger partial charge is 0.0800 e. The fraction of sp³-hybridized carbons (Fsp3) is 0.500. The largest absolute Gasteiger partial charge is 0.354 e. The molecule has 3 aromatic rings. The highest BCUT2D eigenvalue weighted by atomic mass is 79.9. The third-order valence-electron chi connectivity index (χ3n) is 9.40. The van der Waals surface area contributed by atoms with E-state index >= 15 is 0 Å². The molecule has 3 aromatic heterocycles. The number of nitrogens with zero attached hydrogens (tertiary/aromatic N) is 2. The van der Waals surface area contributed by atoms with Gasteiger partial charge in [0, 0.05) is 22.2 Å². The molecule has 0 saturated carbocycles. The zero-order valence-corrected chi connectivity index (χ0v) is 31.2. The molecule has 0 atom stereocenters. The number of nitrogens with one attached hydrogen (secondary N) is 2. The van der Waals surface area contributed by atoms with Crippen LogP contribution in [0.25, 0.3) is 46.4 Å². The van der Waals surface area contributed by atoms with Crippen molar-refractivity contribution in [3.05, 3.63) is 67.1 Å². The van der Waals surface area contributed by atoms with Crippen molar-refractivity contribution < 1.29 is 0 Å². The number of aryl methyl sites for hydroxylation is 2. The highest BCUT2D eigenvalue weighted by Gasteiger charge is 2.14. The topological polar surface area (TPSA) is 57.4 Å². The zero-order valence-electron chi connectivity index (χ0n) is 28.0. The van der Waals surface area contributed by atoms with E-state index in [0.717, 1.165) is 66.6 Å². The number of rotatable bonds is 18. The maximum absolute atomic E-state index is 5.17. The van der Waals surface area contributed by atoms with E-state index in [0.29, 0.717) is 0 Å². The maximum Gasteiger partial charge on any atom is 0.0800 e. The first kappa shape index (κ1) is 34.9. The van der Waals surface area contributed by atoms with Gasteiger partial charge < -0.3 is 9.97 Å². The first-order valence-corrected chi connectivity index (χ1v) is 19.6. The molecule has 46 heavy (non-hydrogen) atoms. The Bertz CT molecular complexity index is 1540. The third-order valence-corrected chi connectivity index (χ3v) is 11.1. The molecule has 6 heteroatoms. The fourth-order valence-corrected chi connectivity index (χ4v) is 7.56. The first-order chi connectivity index (χ1) is 22.6. The lowest BCUT2D eigenvalue weighted by Gasteiger charge is -2.05. The minimum absolute atomic E-state index is 0.960. The highest BCUT2D eigenvalue weighted by Crippen LogP contribution is 2.31. The predicted octanol–water partition coefficient (Wildman–Crippen LogP) is 13.5. The Labute approximate surface area is 293 Å². The number of halogens is 2. The monoisotopic (exact) mass is 746 g/mol. The van der Waals surface area contributed by atoms with Crippen molar-refractivity contribution in [1.29, 1.82) is 0 Å². The van der Waals surface area contributed by atoms with Crippen LogP contribution in [-0.2, 0) is 12.8 Å². The minimum Gasteiger partial charge on any atom is -0.354 e. The number of aromatic amines is 2. The Morgan fingerprint density at radius 1 is 0.435 bits per heavy atom. The van der Waals surface area contributed by atoms with Crippen molar-refractivity contribution in [1.82, 2.24) is 19.9 Å². The molecule has 0 unspecified atom stereocenters.